The van der Waals surface area contributed by atoms with Crippen LogP contribution in [0.15, 0.2) is 41.3 Å². The van der Waals surface area contributed by atoms with Crippen molar-refractivity contribution >= 4 is 5.91 Å². The minimum absolute atomic E-state index is 0.0974. The van der Waals surface area contributed by atoms with Crippen LogP contribution in [-0.2, 0) is 4.79 Å². The molecule has 1 aliphatic rings. The van der Waals surface area contributed by atoms with Crippen molar-refractivity contribution in [1.29, 1.82) is 0 Å². The molecule has 0 bridgehead atoms. The van der Waals surface area contributed by atoms with E-state index in [1.165, 1.54) is 0 Å². The van der Waals surface area contributed by atoms with E-state index in [2.05, 4.69) is 15.1 Å². The molecule has 4 heterocycles. The van der Waals surface area contributed by atoms with Gasteiger partial charge in [0, 0.05) is 56.2 Å². The number of piperidine rings is 1. The fourth-order valence-corrected chi connectivity index (χ4v) is 3.51. The van der Waals surface area contributed by atoms with E-state index in [4.69, 9.17) is 9.51 Å². The highest BCUT2D eigenvalue weighted by Crippen LogP contribution is 2.34. The molecule has 7 nitrogen and oxygen atoms in total. The Hall–Kier alpha value is -3.09. The Labute approximate surface area is 157 Å². The highest BCUT2D eigenvalue weighted by Gasteiger charge is 2.28. The van der Waals surface area contributed by atoms with Crippen LogP contribution < -0.4 is 0 Å². The second-order valence-corrected chi connectivity index (χ2v) is 6.87. The van der Waals surface area contributed by atoms with E-state index in [0.717, 1.165) is 41.9 Å². The minimum Gasteiger partial charge on any atom is -0.356 e. The van der Waals surface area contributed by atoms with Crippen molar-refractivity contribution in [2.75, 3.05) is 13.1 Å². The molecule has 1 atom stereocenters. The number of rotatable bonds is 3. The standard InChI is InChI=1S/C20H21N5O2/c1-13-10-18(27-24-13)17-11-22-20(15-5-7-21-8-6-15)23-19(17)16-4-3-9-25(12-16)14(2)26/h5-8,10-11,16H,3-4,9,12H2,1-2H3. The fraction of sp³-hybridized carbons (Fsp3) is 0.350. The summed E-state index contributed by atoms with van der Waals surface area (Å²) in [6.45, 7) is 4.95. The normalized spacial score (nSPS) is 17.1. The average Bonchev–Trinajstić information content (AvgIpc) is 3.14. The summed E-state index contributed by atoms with van der Waals surface area (Å²) in [5.41, 5.74) is 3.46. The molecule has 0 spiro atoms. The number of hydrogen-bond donors (Lipinski definition) is 0. The Balaban J connectivity index is 1.79. The Morgan fingerprint density at radius 3 is 2.81 bits per heavy atom. The van der Waals surface area contributed by atoms with Crippen LogP contribution in [0.3, 0.4) is 0 Å². The maximum Gasteiger partial charge on any atom is 0.219 e. The van der Waals surface area contributed by atoms with E-state index in [-0.39, 0.29) is 11.8 Å². The van der Waals surface area contributed by atoms with E-state index >= 15 is 0 Å². The lowest BCUT2D eigenvalue weighted by molar-refractivity contribution is -0.130. The number of aryl methyl sites for hydroxylation is 1. The van der Waals surface area contributed by atoms with Crippen LogP contribution in [0.2, 0.25) is 0 Å². The molecule has 1 aliphatic heterocycles. The molecule has 138 valence electrons. The molecule has 7 heteroatoms. The van der Waals surface area contributed by atoms with Gasteiger partial charge in [0.25, 0.3) is 0 Å². The van der Waals surface area contributed by atoms with E-state index < -0.39 is 0 Å². The smallest absolute Gasteiger partial charge is 0.219 e. The molecular weight excluding hydrogens is 342 g/mol. The zero-order chi connectivity index (χ0) is 18.8. The molecule has 3 aromatic heterocycles. The summed E-state index contributed by atoms with van der Waals surface area (Å²) in [6, 6.07) is 5.67. The van der Waals surface area contributed by atoms with Crippen molar-refractivity contribution in [3.8, 4) is 22.7 Å². The number of likely N-dealkylation sites (tertiary alicyclic amines) is 1. The van der Waals surface area contributed by atoms with E-state index in [0.29, 0.717) is 18.1 Å². The Bertz CT molecular complexity index is 954. The van der Waals surface area contributed by atoms with Gasteiger partial charge in [-0.15, -0.1) is 0 Å². The highest BCUT2D eigenvalue weighted by atomic mass is 16.5. The number of carbonyl (C=O) groups is 1. The molecule has 0 aliphatic carbocycles. The average molecular weight is 363 g/mol. The van der Waals surface area contributed by atoms with Crippen molar-refractivity contribution < 1.29 is 9.32 Å². The summed E-state index contributed by atoms with van der Waals surface area (Å²) in [6.07, 6.45) is 7.17. The molecule has 1 amide bonds. The van der Waals surface area contributed by atoms with Gasteiger partial charge in [-0.1, -0.05) is 5.16 Å². The first kappa shape index (κ1) is 17.3. The van der Waals surface area contributed by atoms with Gasteiger partial charge in [0.05, 0.1) is 17.0 Å². The third-order valence-electron chi connectivity index (χ3n) is 4.90. The van der Waals surface area contributed by atoms with Gasteiger partial charge in [-0.2, -0.15) is 0 Å². The largest absolute Gasteiger partial charge is 0.356 e. The first-order valence-electron chi connectivity index (χ1n) is 9.08. The van der Waals surface area contributed by atoms with Crippen molar-refractivity contribution in [3.63, 3.8) is 0 Å². The monoisotopic (exact) mass is 363 g/mol. The van der Waals surface area contributed by atoms with E-state index in [1.54, 1.807) is 25.5 Å². The topological polar surface area (TPSA) is 85.0 Å². The second kappa shape index (κ2) is 7.26. The maximum absolute atomic E-state index is 11.9. The molecule has 3 aromatic rings. The summed E-state index contributed by atoms with van der Waals surface area (Å²) in [5, 5.41) is 4.00. The molecule has 0 aromatic carbocycles. The zero-order valence-corrected chi connectivity index (χ0v) is 15.4. The highest BCUT2D eigenvalue weighted by molar-refractivity contribution is 5.73. The third kappa shape index (κ3) is 3.58. The first-order valence-corrected chi connectivity index (χ1v) is 9.08. The Morgan fingerprint density at radius 1 is 1.30 bits per heavy atom. The van der Waals surface area contributed by atoms with Crippen LogP contribution in [-0.4, -0.2) is 44.0 Å². The van der Waals surface area contributed by atoms with Crippen molar-refractivity contribution in [2.24, 2.45) is 0 Å². The zero-order valence-electron chi connectivity index (χ0n) is 15.4. The number of amides is 1. The predicted molar refractivity (Wildman–Crippen MR) is 99.7 cm³/mol. The van der Waals surface area contributed by atoms with Crippen LogP contribution in [0.1, 0.15) is 37.1 Å². The van der Waals surface area contributed by atoms with Crippen molar-refractivity contribution in [1.82, 2.24) is 25.0 Å². The molecular formula is C20H21N5O2. The molecule has 1 fully saturated rings. The predicted octanol–water partition coefficient (Wildman–Crippen LogP) is 3.23. The Kier molecular flexibility index (Phi) is 4.66. The quantitative estimate of drug-likeness (QED) is 0.710. The van der Waals surface area contributed by atoms with Gasteiger partial charge in [0.2, 0.25) is 5.91 Å². The third-order valence-corrected chi connectivity index (χ3v) is 4.90. The number of pyridine rings is 1. The summed E-state index contributed by atoms with van der Waals surface area (Å²) in [7, 11) is 0. The Morgan fingerprint density at radius 2 is 2.11 bits per heavy atom. The molecule has 4 rings (SSSR count). The van der Waals surface area contributed by atoms with E-state index in [9.17, 15) is 4.79 Å². The molecule has 0 saturated carbocycles. The van der Waals surface area contributed by atoms with Crippen LogP contribution in [0.5, 0.6) is 0 Å². The van der Waals surface area contributed by atoms with Crippen LogP contribution >= 0.6 is 0 Å². The van der Waals surface area contributed by atoms with Crippen molar-refractivity contribution in [2.45, 2.75) is 32.6 Å². The van der Waals surface area contributed by atoms with Crippen LogP contribution in [0.4, 0.5) is 0 Å². The number of hydrogen-bond acceptors (Lipinski definition) is 6. The van der Waals surface area contributed by atoms with Crippen LogP contribution in [0.25, 0.3) is 22.7 Å². The number of nitrogens with zero attached hydrogens (tertiary/aromatic N) is 5. The van der Waals surface area contributed by atoms with Crippen LogP contribution in [0, 0.1) is 6.92 Å². The number of carbonyl (C=O) groups excluding carboxylic acids is 1. The molecule has 0 radical (unpaired) electrons. The second-order valence-electron chi connectivity index (χ2n) is 6.87. The maximum atomic E-state index is 11.9. The van der Waals surface area contributed by atoms with Gasteiger partial charge in [-0.25, -0.2) is 9.97 Å². The van der Waals surface area contributed by atoms with Gasteiger partial charge in [0.15, 0.2) is 11.6 Å². The van der Waals surface area contributed by atoms with Gasteiger partial charge in [-0.3, -0.25) is 9.78 Å². The molecule has 1 saturated heterocycles. The number of aromatic nitrogens is 4. The molecule has 1 unspecified atom stereocenters. The van der Waals surface area contributed by atoms with Crippen molar-refractivity contribution in [3.05, 3.63) is 48.2 Å². The lowest BCUT2D eigenvalue weighted by atomic mass is 9.91. The summed E-state index contributed by atoms with van der Waals surface area (Å²) >= 11 is 0. The minimum atomic E-state index is 0.0974. The van der Waals surface area contributed by atoms with Gasteiger partial charge in [-0.05, 0) is 31.9 Å². The summed E-state index contributed by atoms with van der Waals surface area (Å²) in [4.78, 5) is 27.2. The van der Waals surface area contributed by atoms with Gasteiger partial charge in [0.1, 0.15) is 0 Å². The first-order chi connectivity index (χ1) is 13.1. The lowest BCUT2D eigenvalue weighted by Gasteiger charge is -2.32. The fourth-order valence-electron chi connectivity index (χ4n) is 3.51. The molecule has 0 N–H and O–H groups in total. The lowest BCUT2D eigenvalue weighted by Crippen LogP contribution is -2.38. The van der Waals surface area contributed by atoms with Gasteiger partial charge < -0.3 is 9.42 Å². The molecule has 27 heavy (non-hydrogen) atoms. The summed E-state index contributed by atoms with van der Waals surface area (Å²) in [5.74, 6) is 1.53. The van der Waals surface area contributed by atoms with E-state index in [1.807, 2.05) is 30.0 Å². The SMILES string of the molecule is CC(=O)N1CCCC(c2nc(-c3ccncc3)ncc2-c2cc(C)no2)C1. The summed E-state index contributed by atoms with van der Waals surface area (Å²) < 4.78 is 5.48. The van der Waals surface area contributed by atoms with Gasteiger partial charge >= 0.3 is 0 Å².